The fraction of sp³-hybridized carbons (Fsp3) is 0.259. The lowest BCUT2D eigenvalue weighted by Crippen LogP contribution is -2.35. The Hall–Kier alpha value is -2.16. The van der Waals surface area contributed by atoms with Gasteiger partial charge in [0.15, 0.2) is 0 Å². The van der Waals surface area contributed by atoms with Crippen LogP contribution in [-0.2, 0) is 0 Å². The molecule has 0 spiro atoms. The van der Waals surface area contributed by atoms with E-state index in [2.05, 4.69) is 60.7 Å². The molecular formula is C27H20S2. The summed E-state index contributed by atoms with van der Waals surface area (Å²) in [4.78, 5) is 0. The van der Waals surface area contributed by atoms with E-state index in [1.54, 1.807) is 0 Å². The monoisotopic (exact) mass is 408 g/mol. The Morgan fingerprint density at radius 1 is 0.655 bits per heavy atom. The average Bonchev–Trinajstić information content (AvgIpc) is 3.50. The first-order valence-electron chi connectivity index (χ1n) is 10.8. The van der Waals surface area contributed by atoms with E-state index in [1.807, 2.05) is 22.7 Å². The number of benzene rings is 3. The van der Waals surface area contributed by atoms with Crippen LogP contribution in [0.2, 0.25) is 0 Å². The Morgan fingerprint density at radius 2 is 1.24 bits per heavy atom. The van der Waals surface area contributed by atoms with Crippen molar-refractivity contribution >= 4 is 75.2 Å². The lowest BCUT2D eigenvalue weighted by atomic mass is 9.76. The molecule has 4 unspecified atom stereocenters. The van der Waals surface area contributed by atoms with Gasteiger partial charge in [0.25, 0.3) is 0 Å². The van der Waals surface area contributed by atoms with Crippen LogP contribution in [0.25, 0.3) is 52.5 Å². The summed E-state index contributed by atoms with van der Waals surface area (Å²) in [6.45, 7) is 0. The highest BCUT2D eigenvalue weighted by Crippen LogP contribution is 2.54. The van der Waals surface area contributed by atoms with Crippen molar-refractivity contribution in [2.24, 2.45) is 23.7 Å². The summed E-state index contributed by atoms with van der Waals surface area (Å²) < 4.78 is 5.86. The lowest BCUT2D eigenvalue weighted by Gasteiger charge is -2.28. The summed E-state index contributed by atoms with van der Waals surface area (Å²) in [5.74, 6) is 3.52. The Balaban J connectivity index is 1.44. The lowest BCUT2D eigenvalue weighted by molar-refractivity contribution is 0.346. The molecule has 2 saturated carbocycles. The molecule has 0 radical (unpaired) electrons. The fourth-order valence-electron chi connectivity index (χ4n) is 6.60. The average molecular weight is 409 g/mol. The van der Waals surface area contributed by atoms with Gasteiger partial charge in [-0.3, -0.25) is 0 Å². The van der Waals surface area contributed by atoms with Gasteiger partial charge < -0.3 is 0 Å². The molecule has 0 nitrogen and oxygen atoms in total. The third-order valence-electron chi connectivity index (χ3n) is 7.94. The third kappa shape index (κ3) is 1.99. The number of hydrogen-bond acceptors (Lipinski definition) is 2. The molecule has 2 fully saturated rings. The number of rotatable bonds is 0. The standard InChI is InChI=1S/C27H20S2/c1-2-4-15-12-24-22(8-14(15)3-1)26-27(28-24)23-11-18-9-20-16-5-6-17(7-16)21(20)10-19(18)13-25(23)29-26/h1-4,8-13,16-17,20-21H,5-7H2. The van der Waals surface area contributed by atoms with Gasteiger partial charge in [0.05, 0.1) is 9.40 Å². The third-order valence-corrected chi connectivity index (χ3v) is 10.4. The first-order valence-corrected chi connectivity index (χ1v) is 12.5. The quantitative estimate of drug-likeness (QED) is 0.269. The van der Waals surface area contributed by atoms with Crippen molar-refractivity contribution in [1.29, 1.82) is 0 Å². The zero-order valence-electron chi connectivity index (χ0n) is 16.0. The molecule has 3 aliphatic rings. The van der Waals surface area contributed by atoms with Crippen LogP contribution in [0.3, 0.4) is 0 Å². The Bertz CT molecular complexity index is 1610. The molecule has 0 amide bonds. The van der Waals surface area contributed by atoms with E-state index in [9.17, 15) is 0 Å². The summed E-state index contributed by atoms with van der Waals surface area (Å²) >= 11 is 3.98. The second kappa shape index (κ2) is 5.30. The molecule has 2 heterocycles. The molecular weight excluding hydrogens is 388 g/mol. The van der Waals surface area contributed by atoms with Crippen molar-refractivity contribution in [1.82, 2.24) is 0 Å². The summed E-state index contributed by atoms with van der Waals surface area (Å²) in [6.07, 6.45) is 9.68. The molecule has 4 atom stereocenters. The van der Waals surface area contributed by atoms with Crippen LogP contribution in [0.4, 0.5) is 0 Å². The highest BCUT2D eigenvalue weighted by molar-refractivity contribution is 7.36. The second-order valence-corrected chi connectivity index (χ2v) is 11.5. The highest BCUT2D eigenvalue weighted by atomic mass is 32.1. The van der Waals surface area contributed by atoms with Gasteiger partial charge in [0.2, 0.25) is 0 Å². The van der Waals surface area contributed by atoms with E-state index in [1.165, 1.54) is 70.0 Å². The highest BCUT2D eigenvalue weighted by Gasteiger charge is 2.45. The van der Waals surface area contributed by atoms with Gasteiger partial charge in [-0.25, -0.2) is 0 Å². The molecule has 140 valence electrons. The molecule has 3 aromatic carbocycles. The molecule has 0 aliphatic heterocycles. The van der Waals surface area contributed by atoms with Gasteiger partial charge in [0, 0.05) is 20.2 Å². The second-order valence-electron chi connectivity index (χ2n) is 9.36. The minimum absolute atomic E-state index is 0.806. The maximum absolute atomic E-state index is 2.65. The zero-order valence-corrected chi connectivity index (χ0v) is 17.7. The molecule has 2 aromatic heterocycles. The van der Waals surface area contributed by atoms with Crippen LogP contribution in [0.5, 0.6) is 0 Å². The van der Waals surface area contributed by atoms with Crippen LogP contribution in [-0.4, -0.2) is 0 Å². The van der Waals surface area contributed by atoms with E-state index >= 15 is 0 Å². The predicted octanol–water partition coefficient (Wildman–Crippen LogP) is 6.66. The van der Waals surface area contributed by atoms with Gasteiger partial charge in [0.1, 0.15) is 0 Å². The van der Waals surface area contributed by atoms with Crippen LogP contribution in [0.15, 0.2) is 48.5 Å². The van der Waals surface area contributed by atoms with Crippen LogP contribution in [0.1, 0.15) is 19.3 Å². The minimum Gasteiger partial charge on any atom is -0.134 e. The van der Waals surface area contributed by atoms with Crippen molar-refractivity contribution in [2.75, 3.05) is 0 Å². The van der Waals surface area contributed by atoms with Gasteiger partial charge in [-0.2, -0.15) is 0 Å². The normalized spacial score (nSPS) is 27.4. The first-order chi connectivity index (χ1) is 14.3. The molecule has 29 heavy (non-hydrogen) atoms. The number of hydrogen-bond donors (Lipinski definition) is 0. The van der Waals surface area contributed by atoms with E-state index in [-0.39, 0.29) is 0 Å². The van der Waals surface area contributed by atoms with Gasteiger partial charge in [-0.1, -0.05) is 36.4 Å². The number of thiophene rings is 2. The molecule has 3 aliphatic carbocycles. The Labute approximate surface area is 176 Å². The topological polar surface area (TPSA) is 0 Å². The summed E-state index contributed by atoms with van der Waals surface area (Å²) in [5, 5.41) is 8.59. The van der Waals surface area contributed by atoms with E-state index in [0.29, 0.717) is 0 Å². The van der Waals surface area contributed by atoms with E-state index in [4.69, 9.17) is 0 Å². The van der Waals surface area contributed by atoms with Crippen LogP contribution < -0.4 is 10.4 Å². The minimum atomic E-state index is 0.806. The van der Waals surface area contributed by atoms with Crippen molar-refractivity contribution < 1.29 is 0 Å². The van der Waals surface area contributed by atoms with Gasteiger partial charge in [-0.05, 0) is 88.4 Å². The zero-order chi connectivity index (χ0) is 18.7. The SMILES string of the molecule is C1=c2cc3sc4c5cc6ccccc6cc5sc4c3cc2=CC2C3CCC(C3)C12. The van der Waals surface area contributed by atoms with Crippen molar-refractivity contribution in [2.45, 2.75) is 19.3 Å². The fourth-order valence-corrected chi connectivity index (χ4v) is 9.30. The summed E-state index contributed by atoms with van der Waals surface area (Å²) in [7, 11) is 0. The molecule has 0 saturated heterocycles. The maximum atomic E-state index is 2.65. The van der Waals surface area contributed by atoms with E-state index < -0.39 is 0 Å². The molecule has 5 aromatic rings. The van der Waals surface area contributed by atoms with Gasteiger partial charge >= 0.3 is 0 Å². The van der Waals surface area contributed by atoms with Crippen molar-refractivity contribution in [3.05, 3.63) is 59.0 Å². The molecule has 2 heteroatoms. The van der Waals surface area contributed by atoms with Crippen LogP contribution in [0, 0.1) is 23.7 Å². The molecule has 8 rings (SSSR count). The largest absolute Gasteiger partial charge is 0.134 e. The van der Waals surface area contributed by atoms with Crippen molar-refractivity contribution in [3.8, 4) is 0 Å². The van der Waals surface area contributed by atoms with Crippen LogP contribution >= 0.6 is 22.7 Å². The molecule has 2 bridgehead atoms. The summed E-state index contributed by atoms with van der Waals surface area (Å²) in [6, 6.07) is 18.5. The van der Waals surface area contributed by atoms with Gasteiger partial charge in [-0.15, -0.1) is 22.7 Å². The number of fused-ring (bicyclic) bond motifs is 12. The smallest absolute Gasteiger partial charge is 0.0542 e. The first kappa shape index (κ1) is 15.6. The summed E-state index contributed by atoms with van der Waals surface area (Å²) in [5.41, 5.74) is 0. The molecule has 0 N–H and O–H groups in total. The Morgan fingerprint density at radius 3 is 1.97 bits per heavy atom. The van der Waals surface area contributed by atoms with Crippen molar-refractivity contribution in [3.63, 3.8) is 0 Å². The Kier molecular flexibility index (Phi) is 2.86. The maximum Gasteiger partial charge on any atom is 0.0542 e. The van der Waals surface area contributed by atoms with E-state index in [0.717, 1.165) is 23.7 Å². The predicted molar refractivity (Wildman–Crippen MR) is 128 cm³/mol.